The van der Waals surface area contributed by atoms with Crippen LogP contribution in [0.3, 0.4) is 0 Å². The molecule has 2 N–H and O–H groups in total. The van der Waals surface area contributed by atoms with E-state index in [1.165, 1.54) is 6.92 Å². The fourth-order valence-electron chi connectivity index (χ4n) is 0.691. The lowest BCUT2D eigenvalue weighted by Crippen LogP contribution is -2.35. The van der Waals surface area contributed by atoms with Crippen LogP contribution in [0.25, 0.3) is 0 Å². The number of carbonyl (C=O) groups is 2. The maximum atomic E-state index is 10.7. The molecule has 4 heteroatoms. The molecule has 1 amide bonds. The third-order valence-corrected chi connectivity index (χ3v) is 1.33. The normalized spacial score (nSPS) is 9.38. The highest BCUT2D eigenvalue weighted by molar-refractivity contribution is 6.35. The van der Waals surface area contributed by atoms with Crippen molar-refractivity contribution in [1.82, 2.24) is 10.6 Å². The average molecular weight is 184 g/mol. The van der Waals surface area contributed by atoms with Gasteiger partial charge in [-0.25, -0.2) is 0 Å². The molecule has 0 aliphatic heterocycles. The summed E-state index contributed by atoms with van der Waals surface area (Å²) in [6.45, 7) is 8.72. The number of ketones is 1. The van der Waals surface area contributed by atoms with Gasteiger partial charge in [0.05, 0.1) is 0 Å². The van der Waals surface area contributed by atoms with Crippen molar-refractivity contribution in [3.63, 3.8) is 0 Å². The zero-order valence-corrected chi connectivity index (χ0v) is 8.14. The van der Waals surface area contributed by atoms with E-state index in [9.17, 15) is 9.59 Å². The molecule has 0 rings (SSSR count). The van der Waals surface area contributed by atoms with E-state index in [2.05, 4.69) is 17.2 Å². The Morgan fingerprint density at radius 3 is 2.31 bits per heavy atom. The highest BCUT2D eigenvalue weighted by atomic mass is 16.2. The Bertz CT molecular complexity index is 212. The average Bonchev–Trinajstić information content (AvgIpc) is 2.02. The van der Waals surface area contributed by atoms with Gasteiger partial charge in [-0.05, 0) is 6.92 Å². The predicted octanol–water partition coefficient (Wildman–Crippen LogP) is -0.143. The number of Topliss-reactive ketones (excluding diaryl/α,β-unsaturated/α-hetero) is 1. The molecule has 0 aliphatic carbocycles. The van der Waals surface area contributed by atoms with Crippen molar-refractivity contribution < 1.29 is 9.59 Å². The monoisotopic (exact) mass is 184 g/mol. The molecule has 0 aromatic carbocycles. The van der Waals surface area contributed by atoms with Crippen LogP contribution in [0.15, 0.2) is 12.2 Å². The Labute approximate surface area is 78.4 Å². The predicted molar refractivity (Wildman–Crippen MR) is 51.4 cm³/mol. The second kappa shape index (κ2) is 6.37. The number of hydrogen-bond donors (Lipinski definition) is 2. The van der Waals surface area contributed by atoms with E-state index in [1.807, 2.05) is 6.92 Å². The molecule has 0 aliphatic rings. The van der Waals surface area contributed by atoms with Gasteiger partial charge in [0.15, 0.2) is 0 Å². The lowest BCUT2D eigenvalue weighted by molar-refractivity contribution is -0.136. The first kappa shape index (κ1) is 11.8. The summed E-state index contributed by atoms with van der Waals surface area (Å²) in [5, 5.41) is 5.53. The molecule has 0 heterocycles. The first-order valence-electron chi connectivity index (χ1n) is 4.18. The van der Waals surface area contributed by atoms with Crippen molar-refractivity contribution in [2.45, 2.75) is 13.8 Å². The van der Waals surface area contributed by atoms with E-state index >= 15 is 0 Å². The fourth-order valence-corrected chi connectivity index (χ4v) is 0.691. The molecule has 0 aromatic heterocycles. The minimum atomic E-state index is -0.530. The summed E-state index contributed by atoms with van der Waals surface area (Å²) in [4.78, 5) is 21.2. The van der Waals surface area contributed by atoms with Gasteiger partial charge in [-0.2, -0.15) is 0 Å². The molecule has 0 unspecified atom stereocenters. The van der Waals surface area contributed by atoms with E-state index in [-0.39, 0.29) is 0 Å². The van der Waals surface area contributed by atoms with Crippen molar-refractivity contribution in [2.75, 3.05) is 19.6 Å². The molecule has 0 saturated heterocycles. The lowest BCUT2D eigenvalue weighted by Gasteiger charge is -2.04. The number of nitrogens with one attached hydrogen (secondary N) is 2. The Morgan fingerprint density at radius 1 is 1.23 bits per heavy atom. The molecule has 0 saturated carbocycles. The van der Waals surface area contributed by atoms with Gasteiger partial charge < -0.3 is 10.6 Å². The van der Waals surface area contributed by atoms with Crippen LogP contribution >= 0.6 is 0 Å². The summed E-state index contributed by atoms with van der Waals surface area (Å²) < 4.78 is 0. The molecule has 0 atom stereocenters. The second-order valence-electron chi connectivity index (χ2n) is 2.95. The largest absolute Gasteiger partial charge is 0.348 e. The van der Waals surface area contributed by atoms with Crippen LogP contribution in [0.1, 0.15) is 13.8 Å². The van der Waals surface area contributed by atoms with E-state index in [4.69, 9.17) is 0 Å². The maximum Gasteiger partial charge on any atom is 0.287 e. The summed E-state index contributed by atoms with van der Waals surface area (Å²) in [7, 11) is 0. The SMILES string of the molecule is C=C(C)CNCCNC(=O)C(C)=O. The van der Waals surface area contributed by atoms with Crippen molar-refractivity contribution in [1.29, 1.82) is 0 Å². The van der Waals surface area contributed by atoms with Crippen LogP contribution < -0.4 is 10.6 Å². The number of hydrogen-bond acceptors (Lipinski definition) is 3. The quantitative estimate of drug-likeness (QED) is 0.343. The van der Waals surface area contributed by atoms with Crippen LogP contribution in [-0.2, 0) is 9.59 Å². The Kier molecular flexibility index (Phi) is 5.80. The van der Waals surface area contributed by atoms with Crippen molar-refractivity contribution in [3.8, 4) is 0 Å². The van der Waals surface area contributed by atoms with Crippen molar-refractivity contribution in [2.24, 2.45) is 0 Å². The van der Waals surface area contributed by atoms with E-state index < -0.39 is 11.7 Å². The summed E-state index contributed by atoms with van der Waals surface area (Å²) in [6.07, 6.45) is 0. The van der Waals surface area contributed by atoms with Crippen LogP contribution in [0.4, 0.5) is 0 Å². The van der Waals surface area contributed by atoms with E-state index in [0.717, 1.165) is 12.1 Å². The third kappa shape index (κ3) is 7.21. The Balaban J connectivity index is 3.31. The Morgan fingerprint density at radius 2 is 1.85 bits per heavy atom. The standard InChI is InChI=1S/C9H16N2O2/c1-7(2)6-10-4-5-11-9(13)8(3)12/h10H,1,4-6H2,2-3H3,(H,11,13). The van der Waals surface area contributed by atoms with Crippen LogP contribution in [-0.4, -0.2) is 31.3 Å². The zero-order chi connectivity index (χ0) is 10.3. The number of rotatable bonds is 6. The minimum absolute atomic E-state index is 0.458. The van der Waals surface area contributed by atoms with Crippen molar-refractivity contribution in [3.05, 3.63) is 12.2 Å². The van der Waals surface area contributed by atoms with Gasteiger partial charge in [-0.1, -0.05) is 12.2 Å². The smallest absolute Gasteiger partial charge is 0.287 e. The second-order valence-corrected chi connectivity index (χ2v) is 2.95. The maximum absolute atomic E-state index is 10.7. The van der Waals surface area contributed by atoms with Gasteiger partial charge in [-0.3, -0.25) is 9.59 Å². The number of carbonyl (C=O) groups excluding carboxylic acids is 2. The molecular formula is C9H16N2O2. The van der Waals surface area contributed by atoms with Crippen molar-refractivity contribution >= 4 is 11.7 Å². The van der Waals surface area contributed by atoms with Gasteiger partial charge in [0.2, 0.25) is 5.78 Å². The molecule has 0 bridgehead atoms. The summed E-state index contributed by atoms with van der Waals surface area (Å²) in [5.74, 6) is -0.989. The van der Waals surface area contributed by atoms with Gasteiger partial charge in [-0.15, -0.1) is 0 Å². The summed E-state index contributed by atoms with van der Waals surface area (Å²) in [6, 6.07) is 0. The molecule has 0 fully saturated rings. The minimum Gasteiger partial charge on any atom is -0.348 e. The van der Waals surface area contributed by atoms with Gasteiger partial charge in [0, 0.05) is 26.6 Å². The zero-order valence-electron chi connectivity index (χ0n) is 8.14. The highest BCUT2D eigenvalue weighted by Gasteiger charge is 2.04. The molecule has 0 spiro atoms. The van der Waals surface area contributed by atoms with E-state index in [0.29, 0.717) is 13.1 Å². The molecule has 13 heavy (non-hydrogen) atoms. The van der Waals surface area contributed by atoms with Crippen LogP contribution in [0.2, 0.25) is 0 Å². The van der Waals surface area contributed by atoms with Crippen LogP contribution in [0.5, 0.6) is 0 Å². The van der Waals surface area contributed by atoms with Gasteiger partial charge in [0.1, 0.15) is 0 Å². The first-order valence-corrected chi connectivity index (χ1v) is 4.18. The topological polar surface area (TPSA) is 58.2 Å². The van der Waals surface area contributed by atoms with E-state index in [1.54, 1.807) is 0 Å². The molecule has 74 valence electrons. The summed E-state index contributed by atoms with van der Waals surface area (Å²) in [5.41, 5.74) is 1.04. The van der Waals surface area contributed by atoms with Crippen LogP contribution in [0, 0.1) is 0 Å². The molecule has 4 nitrogen and oxygen atoms in total. The summed E-state index contributed by atoms with van der Waals surface area (Å²) >= 11 is 0. The number of amides is 1. The molecule has 0 aromatic rings. The fraction of sp³-hybridized carbons (Fsp3) is 0.556. The Hall–Kier alpha value is -1.16. The highest BCUT2D eigenvalue weighted by Crippen LogP contribution is 1.79. The first-order chi connectivity index (χ1) is 6.04. The van der Waals surface area contributed by atoms with Gasteiger partial charge in [0.25, 0.3) is 5.91 Å². The van der Waals surface area contributed by atoms with Gasteiger partial charge >= 0.3 is 0 Å². The lowest BCUT2D eigenvalue weighted by atomic mass is 10.3. The molecule has 0 radical (unpaired) electrons. The third-order valence-electron chi connectivity index (χ3n) is 1.33. The molecular weight excluding hydrogens is 168 g/mol.